The van der Waals surface area contributed by atoms with Crippen LogP contribution < -0.4 is 10.5 Å². The zero-order valence-electron chi connectivity index (χ0n) is 16.1. The molecular weight excluding hydrogens is 404 g/mol. The minimum Gasteiger partial charge on any atom is -0.466 e. The Hall–Kier alpha value is -3.72. The summed E-state index contributed by atoms with van der Waals surface area (Å²) in [6.07, 6.45) is 1.11. The van der Waals surface area contributed by atoms with Crippen molar-refractivity contribution in [2.24, 2.45) is 5.10 Å². The summed E-state index contributed by atoms with van der Waals surface area (Å²) in [7, 11) is 1.23. The number of hydrogen-bond acceptors (Lipinski definition) is 7. The number of benzene rings is 2. The molecule has 1 aromatic heterocycles. The van der Waals surface area contributed by atoms with Gasteiger partial charge in [0.25, 0.3) is 11.5 Å². The number of carbonyl (C=O) groups excluding carboxylic acids is 2. The van der Waals surface area contributed by atoms with Crippen molar-refractivity contribution in [1.29, 1.82) is 0 Å². The predicted molar refractivity (Wildman–Crippen MR) is 115 cm³/mol. The molecule has 0 spiro atoms. The van der Waals surface area contributed by atoms with E-state index in [0.29, 0.717) is 22.4 Å². The van der Waals surface area contributed by atoms with Crippen molar-refractivity contribution in [2.75, 3.05) is 12.0 Å². The van der Waals surface area contributed by atoms with Gasteiger partial charge in [-0.2, -0.15) is 4.68 Å². The minimum atomic E-state index is -0.652. The van der Waals surface area contributed by atoms with E-state index in [4.69, 9.17) is 0 Å². The fraction of sp³-hybridized carbons (Fsp3) is 0.0952. The Bertz CT molecular complexity index is 1280. The predicted octanol–water partition coefficient (Wildman–Crippen LogP) is 2.66. The van der Waals surface area contributed by atoms with E-state index >= 15 is 0 Å². The van der Waals surface area contributed by atoms with Crippen LogP contribution in [0.1, 0.15) is 5.82 Å². The molecule has 2 aromatic carbocycles. The van der Waals surface area contributed by atoms with E-state index in [1.165, 1.54) is 12.0 Å². The standard InChI is InChI=1S/C21H16N4O4S/c1-13-22-16-11-7-6-10-15(16)19(27)25(13)23-21-24(14-8-4-3-5-9-14)20(28)17(30-21)12-18(26)29-2/h3-12H,1-2H3/b17-12-,23-21+. The van der Waals surface area contributed by atoms with Crippen LogP contribution in [0.5, 0.6) is 0 Å². The highest BCUT2D eigenvalue weighted by Gasteiger charge is 2.36. The second kappa shape index (κ2) is 7.96. The molecule has 4 rings (SSSR count). The van der Waals surface area contributed by atoms with Crippen molar-refractivity contribution >= 4 is 45.4 Å². The molecule has 0 unspecified atom stereocenters. The third-order valence-electron chi connectivity index (χ3n) is 4.37. The molecule has 9 heteroatoms. The molecule has 2 heterocycles. The van der Waals surface area contributed by atoms with E-state index in [1.807, 2.05) is 6.07 Å². The first-order valence-electron chi connectivity index (χ1n) is 8.94. The fourth-order valence-corrected chi connectivity index (χ4v) is 3.88. The molecule has 1 amide bonds. The van der Waals surface area contributed by atoms with Gasteiger partial charge >= 0.3 is 5.97 Å². The fourth-order valence-electron chi connectivity index (χ4n) is 2.95. The number of amides is 1. The second-order valence-electron chi connectivity index (χ2n) is 6.29. The molecule has 30 heavy (non-hydrogen) atoms. The lowest BCUT2D eigenvalue weighted by Crippen LogP contribution is -2.31. The van der Waals surface area contributed by atoms with E-state index in [0.717, 1.165) is 22.5 Å². The van der Waals surface area contributed by atoms with Gasteiger partial charge in [0.1, 0.15) is 5.82 Å². The van der Waals surface area contributed by atoms with Gasteiger partial charge in [-0.15, -0.1) is 5.10 Å². The number of amidine groups is 1. The quantitative estimate of drug-likeness (QED) is 0.478. The van der Waals surface area contributed by atoms with Gasteiger partial charge in [-0.3, -0.25) is 14.5 Å². The van der Waals surface area contributed by atoms with Crippen molar-refractivity contribution in [1.82, 2.24) is 9.66 Å². The molecule has 3 aromatic rings. The highest BCUT2D eigenvalue weighted by molar-refractivity contribution is 8.19. The van der Waals surface area contributed by atoms with Gasteiger partial charge < -0.3 is 4.74 Å². The van der Waals surface area contributed by atoms with E-state index in [9.17, 15) is 14.4 Å². The number of rotatable bonds is 3. The zero-order chi connectivity index (χ0) is 21.3. The van der Waals surface area contributed by atoms with E-state index < -0.39 is 11.9 Å². The second-order valence-corrected chi connectivity index (χ2v) is 7.29. The summed E-state index contributed by atoms with van der Waals surface area (Å²) in [6, 6.07) is 15.8. The van der Waals surface area contributed by atoms with Gasteiger partial charge in [-0.1, -0.05) is 30.3 Å². The number of fused-ring (bicyclic) bond motifs is 1. The van der Waals surface area contributed by atoms with Crippen LogP contribution in [-0.4, -0.2) is 33.8 Å². The topological polar surface area (TPSA) is 93.9 Å². The Kier molecular flexibility index (Phi) is 5.20. The van der Waals surface area contributed by atoms with E-state index in [-0.39, 0.29) is 15.6 Å². The van der Waals surface area contributed by atoms with Crippen molar-refractivity contribution in [3.63, 3.8) is 0 Å². The lowest BCUT2D eigenvalue weighted by atomic mass is 10.2. The number of esters is 1. The molecule has 1 aliphatic heterocycles. The molecule has 1 saturated heterocycles. The van der Waals surface area contributed by atoms with Crippen LogP contribution in [-0.2, 0) is 14.3 Å². The SMILES string of the molecule is COC(=O)/C=C1\S/C(=N/n2c(C)nc3ccccc3c2=O)N(c2ccccc2)C1=O. The number of anilines is 1. The summed E-state index contributed by atoms with van der Waals surface area (Å²) in [6.45, 7) is 1.66. The maximum atomic E-state index is 13.0. The van der Waals surface area contributed by atoms with E-state index in [1.54, 1.807) is 55.5 Å². The average Bonchev–Trinajstić information content (AvgIpc) is 3.06. The maximum Gasteiger partial charge on any atom is 0.331 e. The van der Waals surface area contributed by atoms with Crippen LogP contribution in [0.4, 0.5) is 5.69 Å². The van der Waals surface area contributed by atoms with Crippen LogP contribution in [0.2, 0.25) is 0 Å². The van der Waals surface area contributed by atoms with E-state index in [2.05, 4.69) is 14.8 Å². The summed E-state index contributed by atoms with van der Waals surface area (Å²) in [4.78, 5) is 43.6. The number of carbonyl (C=O) groups is 2. The summed E-state index contributed by atoms with van der Waals surface area (Å²) >= 11 is 0.982. The summed E-state index contributed by atoms with van der Waals surface area (Å²) < 4.78 is 5.80. The van der Waals surface area contributed by atoms with Crippen LogP contribution in [0.3, 0.4) is 0 Å². The number of para-hydroxylation sites is 2. The number of aromatic nitrogens is 2. The maximum absolute atomic E-state index is 13.0. The molecule has 0 saturated carbocycles. The Morgan fingerprint density at radius 3 is 2.53 bits per heavy atom. The third kappa shape index (κ3) is 3.50. The molecule has 0 N–H and O–H groups in total. The average molecular weight is 420 g/mol. The first kappa shape index (κ1) is 19.6. The molecule has 0 aliphatic carbocycles. The van der Waals surface area contributed by atoms with Crippen molar-refractivity contribution in [2.45, 2.75) is 6.92 Å². The van der Waals surface area contributed by atoms with Crippen molar-refractivity contribution in [3.8, 4) is 0 Å². The molecule has 0 radical (unpaired) electrons. The van der Waals surface area contributed by atoms with Gasteiger partial charge in [0.2, 0.25) is 5.17 Å². The number of thioether (sulfide) groups is 1. The summed E-state index contributed by atoms with van der Waals surface area (Å²) in [5, 5.41) is 5.07. The number of methoxy groups -OCH3 is 1. The van der Waals surface area contributed by atoms with Crippen molar-refractivity contribution < 1.29 is 14.3 Å². The normalized spacial score (nSPS) is 16.6. The molecule has 8 nitrogen and oxygen atoms in total. The first-order valence-corrected chi connectivity index (χ1v) is 9.75. The number of hydrogen-bond donors (Lipinski definition) is 0. The van der Waals surface area contributed by atoms with Gasteiger partial charge in [0.15, 0.2) is 0 Å². The molecule has 150 valence electrons. The highest BCUT2D eigenvalue weighted by atomic mass is 32.2. The van der Waals surface area contributed by atoms with Crippen LogP contribution in [0, 0.1) is 6.92 Å². The lowest BCUT2D eigenvalue weighted by Gasteiger charge is -2.16. The zero-order valence-corrected chi connectivity index (χ0v) is 16.9. The summed E-state index contributed by atoms with van der Waals surface area (Å²) in [5.41, 5.74) is 0.774. The third-order valence-corrected chi connectivity index (χ3v) is 5.33. The largest absolute Gasteiger partial charge is 0.466 e. The van der Waals surface area contributed by atoms with Gasteiger partial charge in [-0.05, 0) is 43.0 Å². The molecule has 1 aliphatic rings. The number of nitrogens with zero attached hydrogens (tertiary/aromatic N) is 4. The molecular formula is C21H16N4O4S. The number of aryl methyl sites for hydroxylation is 1. The van der Waals surface area contributed by atoms with Crippen molar-refractivity contribution in [3.05, 3.63) is 81.8 Å². The summed E-state index contributed by atoms with van der Waals surface area (Å²) in [5.74, 6) is -0.715. The monoisotopic (exact) mass is 420 g/mol. The first-order chi connectivity index (χ1) is 14.5. The van der Waals surface area contributed by atoms with Gasteiger partial charge in [0.05, 0.1) is 28.6 Å². The Labute approximate surface area is 175 Å². The lowest BCUT2D eigenvalue weighted by molar-refractivity contribution is -0.135. The Balaban J connectivity index is 1.89. The molecule has 0 atom stereocenters. The Morgan fingerprint density at radius 2 is 1.80 bits per heavy atom. The molecule has 1 fully saturated rings. The minimum absolute atomic E-state index is 0.143. The smallest absolute Gasteiger partial charge is 0.331 e. The van der Waals surface area contributed by atoms with Crippen LogP contribution in [0.25, 0.3) is 10.9 Å². The van der Waals surface area contributed by atoms with Gasteiger partial charge in [-0.25, -0.2) is 9.78 Å². The number of ether oxygens (including phenoxy) is 1. The highest BCUT2D eigenvalue weighted by Crippen LogP contribution is 2.34. The van der Waals surface area contributed by atoms with Crippen LogP contribution in [0.15, 0.2) is 75.5 Å². The molecule has 0 bridgehead atoms. The van der Waals surface area contributed by atoms with Crippen LogP contribution >= 0.6 is 11.8 Å². The Morgan fingerprint density at radius 1 is 1.10 bits per heavy atom. The van der Waals surface area contributed by atoms with Gasteiger partial charge in [0, 0.05) is 6.08 Å².